The van der Waals surface area contributed by atoms with Gasteiger partial charge in [-0.05, 0) is 77.0 Å². The number of carbonyl (C=O) groups excluding carboxylic acids is 1. The highest BCUT2D eigenvalue weighted by Crippen LogP contribution is 2.23. The fourth-order valence-electron chi connectivity index (χ4n) is 10.9. The number of aliphatic hydroxyl groups is 5. The maximum absolute atomic E-state index is 13.1. The number of aliphatic hydroxyl groups excluding tert-OH is 5. The van der Waals surface area contributed by atoms with Gasteiger partial charge in [-0.3, -0.25) is 4.79 Å². The molecule has 1 aliphatic rings. The Balaban J connectivity index is 2.15. The van der Waals surface area contributed by atoms with Gasteiger partial charge in [0.25, 0.3) is 0 Å². The van der Waals surface area contributed by atoms with Gasteiger partial charge in [0.15, 0.2) is 6.29 Å². The van der Waals surface area contributed by atoms with E-state index in [1.54, 1.807) is 6.08 Å². The summed E-state index contributed by atoms with van der Waals surface area (Å²) < 4.78 is 11.3. The summed E-state index contributed by atoms with van der Waals surface area (Å²) in [5, 5.41) is 54.8. The molecule has 0 aliphatic carbocycles. The third-order valence-corrected chi connectivity index (χ3v) is 16.4. The topological polar surface area (TPSA) is 149 Å². The quantitative estimate of drug-likeness (QED) is 0.0261. The third-order valence-electron chi connectivity index (χ3n) is 16.4. The molecule has 7 atom stereocenters. The summed E-state index contributed by atoms with van der Waals surface area (Å²) >= 11 is 0. The van der Waals surface area contributed by atoms with Gasteiger partial charge in [0.05, 0.1) is 25.4 Å². The normalized spacial score (nSPS) is 18.8. The molecule has 0 spiro atoms. The van der Waals surface area contributed by atoms with E-state index in [-0.39, 0.29) is 12.5 Å². The fourth-order valence-corrected chi connectivity index (χ4v) is 10.9. The van der Waals surface area contributed by atoms with Crippen LogP contribution in [0.4, 0.5) is 0 Å². The monoisotopic (exact) mass is 1180 g/mol. The minimum absolute atomic E-state index is 0.180. The molecule has 1 amide bonds. The van der Waals surface area contributed by atoms with Crippen molar-refractivity contribution in [3.05, 3.63) is 97.2 Å². The summed E-state index contributed by atoms with van der Waals surface area (Å²) in [7, 11) is 0. The maximum Gasteiger partial charge on any atom is 0.220 e. The van der Waals surface area contributed by atoms with E-state index in [9.17, 15) is 30.3 Å². The minimum atomic E-state index is -1.57. The van der Waals surface area contributed by atoms with Crippen molar-refractivity contribution >= 4 is 5.91 Å². The van der Waals surface area contributed by atoms with Crippen LogP contribution in [-0.4, -0.2) is 87.5 Å². The van der Waals surface area contributed by atoms with Gasteiger partial charge in [-0.2, -0.15) is 0 Å². The molecule has 486 valence electrons. The number of unbranched alkanes of at least 4 members (excludes halogenated alkanes) is 37. The summed E-state index contributed by atoms with van der Waals surface area (Å²) in [6.07, 6.45) is 85.0. The van der Waals surface area contributed by atoms with Gasteiger partial charge in [-0.15, -0.1) is 0 Å². The Morgan fingerprint density at radius 2 is 0.738 bits per heavy atom. The van der Waals surface area contributed by atoms with E-state index in [2.05, 4.69) is 104 Å². The van der Waals surface area contributed by atoms with Gasteiger partial charge < -0.3 is 40.3 Å². The molecule has 9 heteroatoms. The fraction of sp³-hybridized carbons (Fsp3) is 0.773. The Hall–Kier alpha value is -2.89. The Labute approximate surface area is 517 Å². The highest BCUT2D eigenvalue weighted by molar-refractivity contribution is 5.76. The van der Waals surface area contributed by atoms with E-state index in [4.69, 9.17) is 9.47 Å². The lowest BCUT2D eigenvalue weighted by molar-refractivity contribution is -0.302. The second-order valence-corrected chi connectivity index (χ2v) is 24.3. The number of ether oxygens (including phenoxy) is 2. The molecule has 1 rings (SSSR count). The van der Waals surface area contributed by atoms with E-state index in [1.165, 1.54) is 205 Å². The Morgan fingerprint density at radius 3 is 1.10 bits per heavy atom. The van der Waals surface area contributed by atoms with Crippen LogP contribution in [0.5, 0.6) is 0 Å². The van der Waals surface area contributed by atoms with Crippen LogP contribution in [0, 0.1) is 0 Å². The van der Waals surface area contributed by atoms with Gasteiger partial charge in [0.2, 0.25) is 5.91 Å². The molecule has 0 aromatic heterocycles. The SMILES string of the molecule is CC/C=C\C/C=C\C/C=C\C/C=C\C/C=C\C/C=C\C/C=C\CCCCCCCCCCCCCC(=O)NC(COC1OC(CO)C(O)C(O)C1O)C(O)/C=C/CCCCCCCCCCCCCCCCCCCCCCCCCCCC. The lowest BCUT2D eigenvalue weighted by atomic mass is 9.99. The third kappa shape index (κ3) is 51.2. The molecular weight excluding hydrogens is 1040 g/mol. The highest BCUT2D eigenvalue weighted by atomic mass is 16.7. The van der Waals surface area contributed by atoms with Crippen LogP contribution in [-0.2, 0) is 14.3 Å². The summed E-state index contributed by atoms with van der Waals surface area (Å²) in [4.78, 5) is 13.1. The minimum Gasteiger partial charge on any atom is -0.394 e. The standard InChI is InChI=1S/C75H133NO8/c1-3-5-7-9-11-13-15-17-19-21-23-25-27-29-31-33-34-35-36-37-39-41-43-45-47-49-51-53-55-57-59-61-63-65-71(79)76-68(67-83-75-74(82)73(81)72(80)70(66-77)84-75)69(78)64-62-60-58-56-54-52-50-48-46-44-42-40-38-32-30-28-26-24-22-20-18-16-14-12-10-8-6-4-2/h5,7,11,13,17,19,23,25,29,31,34-35,37,39,62,64,68-70,72-75,77-78,80-82H,3-4,6,8-10,12,14-16,18,20-22,24,26-28,30,32-33,36,38,40-61,63,65-67H2,1-2H3,(H,76,79)/b7-5-,13-11-,19-17-,25-23-,31-29-,35-34-,39-37-,64-62+. The lowest BCUT2D eigenvalue weighted by Gasteiger charge is -2.40. The molecule has 1 aliphatic heterocycles. The average molecular weight is 1180 g/mol. The summed E-state index contributed by atoms with van der Waals surface area (Å²) in [5.41, 5.74) is 0. The van der Waals surface area contributed by atoms with Gasteiger partial charge >= 0.3 is 0 Å². The van der Waals surface area contributed by atoms with Crippen molar-refractivity contribution in [1.82, 2.24) is 5.32 Å². The van der Waals surface area contributed by atoms with Crippen molar-refractivity contribution in [1.29, 1.82) is 0 Å². The zero-order chi connectivity index (χ0) is 60.7. The first-order valence-electron chi connectivity index (χ1n) is 35.5. The molecule has 0 radical (unpaired) electrons. The summed E-state index contributed by atoms with van der Waals surface area (Å²) in [5.74, 6) is -0.180. The van der Waals surface area contributed by atoms with Crippen LogP contribution in [0.3, 0.4) is 0 Å². The number of carbonyl (C=O) groups is 1. The van der Waals surface area contributed by atoms with E-state index in [0.29, 0.717) is 6.42 Å². The van der Waals surface area contributed by atoms with Crippen LogP contribution < -0.4 is 5.32 Å². The Bertz CT molecular complexity index is 1650. The lowest BCUT2D eigenvalue weighted by Crippen LogP contribution is -2.60. The predicted molar refractivity (Wildman–Crippen MR) is 359 cm³/mol. The van der Waals surface area contributed by atoms with Gasteiger partial charge in [0.1, 0.15) is 24.4 Å². The molecule has 1 fully saturated rings. The molecule has 1 saturated heterocycles. The van der Waals surface area contributed by atoms with Crippen LogP contribution in [0.25, 0.3) is 0 Å². The molecule has 6 N–H and O–H groups in total. The number of allylic oxidation sites excluding steroid dienone is 15. The first-order chi connectivity index (χ1) is 41.3. The molecule has 0 aromatic rings. The zero-order valence-electron chi connectivity index (χ0n) is 54.4. The highest BCUT2D eigenvalue weighted by Gasteiger charge is 2.44. The van der Waals surface area contributed by atoms with Crippen LogP contribution in [0.1, 0.15) is 316 Å². The van der Waals surface area contributed by atoms with E-state index in [0.717, 1.165) is 89.9 Å². The largest absolute Gasteiger partial charge is 0.394 e. The second kappa shape index (κ2) is 63.1. The van der Waals surface area contributed by atoms with Crippen molar-refractivity contribution in [3.63, 3.8) is 0 Å². The van der Waals surface area contributed by atoms with E-state index >= 15 is 0 Å². The number of amides is 1. The van der Waals surface area contributed by atoms with Crippen LogP contribution in [0.15, 0.2) is 97.2 Å². The number of rotatable bonds is 61. The van der Waals surface area contributed by atoms with Crippen LogP contribution >= 0.6 is 0 Å². The van der Waals surface area contributed by atoms with Gasteiger partial charge in [-0.25, -0.2) is 0 Å². The molecular formula is C75H133NO8. The predicted octanol–water partition coefficient (Wildman–Crippen LogP) is 19.5. The van der Waals surface area contributed by atoms with E-state index in [1.807, 2.05) is 6.08 Å². The van der Waals surface area contributed by atoms with Gasteiger partial charge in [-0.1, -0.05) is 329 Å². The van der Waals surface area contributed by atoms with Crippen LogP contribution in [0.2, 0.25) is 0 Å². The molecule has 0 saturated carbocycles. The molecule has 0 bridgehead atoms. The van der Waals surface area contributed by atoms with Crippen molar-refractivity contribution in [2.24, 2.45) is 0 Å². The van der Waals surface area contributed by atoms with Crippen molar-refractivity contribution in [2.45, 2.75) is 358 Å². The Morgan fingerprint density at radius 1 is 0.417 bits per heavy atom. The molecule has 0 aromatic carbocycles. The number of nitrogens with one attached hydrogen (secondary N) is 1. The first-order valence-corrected chi connectivity index (χ1v) is 35.5. The summed E-state index contributed by atoms with van der Waals surface area (Å²) in [6, 6.07) is -0.814. The number of hydrogen-bond donors (Lipinski definition) is 6. The maximum atomic E-state index is 13.1. The smallest absolute Gasteiger partial charge is 0.220 e. The van der Waals surface area contributed by atoms with Crippen molar-refractivity contribution in [2.75, 3.05) is 13.2 Å². The molecule has 7 unspecified atom stereocenters. The van der Waals surface area contributed by atoms with E-state index < -0.39 is 49.5 Å². The molecule has 1 heterocycles. The number of hydrogen-bond acceptors (Lipinski definition) is 8. The first kappa shape index (κ1) is 79.1. The van der Waals surface area contributed by atoms with Gasteiger partial charge in [0, 0.05) is 6.42 Å². The van der Waals surface area contributed by atoms with Crippen molar-refractivity contribution in [3.8, 4) is 0 Å². The molecule has 84 heavy (non-hydrogen) atoms. The second-order valence-electron chi connectivity index (χ2n) is 24.3. The average Bonchev–Trinajstić information content (AvgIpc) is 3.70. The summed E-state index contributed by atoms with van der Waals surface area (Å²) in [6.45, 7) is 3.70. The zero-order valence-corrected chi connectivity index (χ0v) is 54.4. The molecule has 9 nitrogen and oxygen atoms in total. The Kier molecular flexibility index (Phi) is 59.5. The van der Waals surface area contributed by atoms with Crippen molar-refractivity contribution < 1.29 is 39.8 Å².